The van der Waals surface area contributed by atoms with Gasteiger partial charge in [0.15, 0.2) is 0 Å². The molecule has 0 fully saturated rings. The molecule has 1 radical (unpaired) electrons. The molecule has 0 saturated carbocycles. The van der Waals surface area contributed by atoms with Crippen LogP contribution in [0.2, 0.25) is 24.3 Å². The maximum Gasteiger partial charge on any atom is 0.273 e. The average molecular weight is 354 g/mol. The molecule has 0 aliphatic heterocycles. The minimum atomic E-state index is -2.28. The lowest BCUT2D eigenvalue weighted by Gasteiger charge is -2.18. The molecular formula is C4H9Cl6Si3. The van der Waals surface area contributed by atoms with Gasteiger partial charge < -0.3 is 0 Å². The quantitative estimate of drug-likeness (QED) is 0.484. The first-order chi connectivity index (χ1) is 5.62. The van der Waals surface area contributed by atoms with Crippen molar-refractivity contribution in [2.75, 3.05) is 0 Å². The van der Waals surface area contributed by atoms with Gasteiger partial charge in [0.05, 0.1) is 0 Å². The van der Waals surface area contributed by atoms with Crippen molar-refractivity contribution in [3.05, 3.63) is 0 Å². The van der Waals surface area contributed by atoms with Crippen LogP contribution in [0.4, 0.5) is 0 Å². The van der Waals surface area contributed by atoms with E-state index >= 15 is 0 Å². The van der Waals surface area contributed by atoms with Gasteiger partial charge in [-0.05, 0) is 24.3 Å². The van der Waals surface area contributed by atoms with Crippen molar-refractivity contribution in [2.24, 2.45) is 0 Å². The minimum absolute atomic E-state index is 0.558. The lowest BCUT2D eigenvalue weighted by Crippen LogP contribution is -2.26. The normalized spacial score (nSPS) is 13.8. The zero-order valence-corrected chi connectivity index (χ0v) is 14.4. The maximum atomic E-state index is 6.10. The molecule has 0 aromatic carbocycles. The third-order valence-corrected chi connectivity index (χ3v) is 14.1. The van der Waals surface area contributed by atoms with E-state index < -0.39 is 20.8 Å². The molecular weight excluding hydrogens is 345 g/mol. The van der Waals surface area contributed by atoms with Gasteiger partial charge in [0.1, 0.15) is 0 Å². The van der Waals surface area contributed by atoms with Gasteiger partial charge in [-0.3, -0.25) is 0 Å². The predicted molar refractivity (Wildman–Crippen MR) is 72.7 cm³/mol. The van der Waals surface area contributed by atoms with Gasteiger partial charge in [0.2, 0.25) is 6.69 Å². The number of rotatable bonds is 5. The molecule has 0 aliphatic carbocycles. The Labute approximate surface area is 111 Å². The van der Waals surface area contributed by atoms with Crippen LogP contribution in [-0.2, 0) is 0 Å². The van der Waals surface area contributed by atoms with Crippen molar-refractivity contribution in [1.82, 2.24) is 0 Å². The Morgan fingerprint density at radius 2 is 1.46 bits per heavy atom. The van der Waals surface area contributed by atoms with Crippen LogP contribution in [0, 0.1) is 0 Å². The molecule has 0 unspecified atom stereocenters. The Morgan fingerprint density at radius 3 is 1.77 bits per heavy atom. The van der Waals surface area contributed by atoms with Gasteiger partial charge >= 0.3 is 0 Å². The maximum absolute atomic E-state index is 6.10. The summed E-state index contributed by atoms with van der Waals surface area (Å²) in [5.41, 5.74) is 0.558. The van der Waals surface area contributed by atoms with Gasteiger partial charge in [-0.25, -0.2) is 0 Å². The number of halogens is 6. The summed E-state index contributed by atoms with van der Waals surface area (Å²) in [6.45, 7) is -2.52. The Hall–Kier alpha value is 2.39. The highest BCUT2D eigenvalue weighted by Crippen LogP contribution is 2.34. The van der Waals surface area contributed by atoms with E-state index in [0.29, 0.717) is 17.8 Å². The summed E-state index contributed by atoms with van der Waals surface area (Å²) in [5.74, 6) is 0. The average Bonchev–Trinajstić information content (AvgIpc) is 1.79. The van der Waals surface area contributed by atoms with E-state index in [-0.39, 0.29) is 0 Å². The second kappa shape index (κ2) is 6.21. The third kappa shape index (κ3) is 10.7. The second-order valence-electron chi connectivity index (χ2n) is 2.94. The Kier molecular flexibility index (Phi) is 7.35. The monoisotopic (exact) mass is 351 g/mol. The van der Waals surface area contributed by atoms with Gasteiger partial charge in [0, 0.05) is 0 Å². The summed E-state index contributed by atoms with van der Waals surface area (Å²) < 4.78 is 0. The molecule has 0 bridgehead atoms. The molecule has 0 atom stereocenters. The predicted octanol–water partition coefficient (Wildman–Crippen LogP) is 4.96. The first-order valence-corrected chi connectivity index (χ1v) is 16.4. The molecule has 13 heavy (non-hydrogen) atoms. The van der Waals surface area contributed by atoms with Gasteiger partial charge in [0.25, 0.3) is 14.1 Å². The first-order valence-electron chi connectivity index (χ1n) is 3.55. The van der Waals surface area contributed by atoms with Crippen LogP contribution < -0.4 is 0 Å². The Morgan fingerprint density at radius 1 is 1.00 bits per heavy atom. The third-order valence-electron chi connectivity index (χ3n) is 1.32. The topological polar surface area (TPSA) is 0 Å². The van der Waals surface area contributed by atoms with Crippen LogP contribution in [0.5, 0.6) is 0 Å². The summed E-state index contributed by atoms with van der Waals surface area (Å²) in [4.78, 5) is 0. The van der Waals surface area contributed by atoms with Crippen molar-refractivity contribution in [3.8, 4) is 0 Å². The zero-order valence-electron chi connectivity index (χ0n) is 6.89. The van der Waals surface area contributed by atoms with Gasteiger partial charge in [-0.2, -0.15) is 0 Å². The molecule has 0 aromatic heterocycles. The van der Waals surface area contributed by atoms with Gasteiger partial charge in [-0.15, -0.1) is 66.5 Å². The van der Waals surface area contributed by atoms with E-state index in [1.54, 1.807) is 0 Å². The van der Waals surface area contributed by atoms with E-state index in [1.165, 1.54) is 0 Å². The number of hydrogen-bond donors (Lipinski definition) is 0. The molecule has 0 nitrogen and oxygen atoms in total. The SMILES string of the molecule is C[Si](Cl)(Cl)CC[Si](Cl)(Cl)C[Si](Cl)Cl. The van der Waals surface area contributed by atoms with Crippen LogP contribution in [0.15, 0.2) is 0 Å². The molecule has 79 valence electrons. The summed E-state index contributed by atoms with van der Waals surface area (Å²) >= 11 is 35.4. The molecule has 0 aromatic rings. The highest BCUT2D eigenvalue weighted by Gasteiger charge is 2.35. The van der Waals surface area contributed by atoms with Crippen LogP contribution in [0.25, 0.3) is 0 Å². The Bertz CT molecular complexity index is 154. The highest BCUT2D eigenvalue weighted by molar-refractivity contribution is 7.52. The molecule has 0 amide bonds. The van der Waals surface area contributed by atoms with Crippen molar-refractivity contribution < 1.29 is 0 Å². The molecule has 0 rings (SSSR count). The van der Waals surface area contributed by atoms with E-state index in [2.05, 4.69) is 0 Å². The van der Waals surface area contributed by atoms with Crippen molar-refractivity contribution in [1.29, 1.82) is 0 Å². The highest BCUT2D eigenvalue weighted by atomic mass is 35.7. The van der Waals surface area contributed by atoms with E-state index in [9.17, 15) is 0 Å². The van der Waals surface area contributed by atoms with Crippen molar-refractivity contribution >= 4 is 87.3 Å². The standard InChI is InChI=1S/C4H9Cl6Si3/c1-12(7,8)2-3-13(9,10)4-11(5)6/h2-4H2,1H3. The van der Waals surface area contributed by atoms with E-state index in [0.717, 1.165) is 0 Å². The van der Waals surface area contributed by atoms with Crippen LogP contribution in [0.1, 0.15) is 0 Å². The van der Waals surface area contributed by atoms with E-state index in [1.807, 2.05) is 6.55 Å². The molecule has 0 heterocycles. The summed E-state index contributed by atoms with van der Waals surface area (Å²) in [5, 5.41) is 0. The molecule has 0 saturated heterocycles. The van der Waals surface area contributed by atoms with Crippen LogP contribution >= 0.6 is 66.5 Å². The molecule has 0 spiro atoms. The fourth-order valence-electron chi connectivity index (χ4n) is 0.686. The summed E-state index contributed by atoms with van der Waals surface area (Å²) in [6, 6.07) is 1.39. The smallest absolute Gasteiger partial charge is 0.147 e. The van der Waals surface area contributed by atoms with Crippen molar-refractivity contribution in [3.63, 3.8) is 0 Å². The molecule has 0 N–H and O–H groups in total. The zero-order chi connectivity index (χ0) is 10.7. The first kappa shape index (κ1) is 15.4. The molecule has 0 aliphatic rings. The van der Waals surface area contributed by atoms with Gasteiger partial charge in [-0.1, -0.05) is 0 Å². The number of hydrogen-bond acceptors (Lipinski definition) is 0. The van der Waals surface area contributed by atoms with Crippen molar-refractivity contribution in [2.45, 2.75) is 24.3 Å². The van der Waals surface area contributed by atoms with Crippen LogP contribution in [0.3, 0.4) is 0 Å². The van der Waals surface area contributed by atoms with E-state index in [4.69, 9.17) is 66.5 Å². The minimum Gasteiger partial charge on any atom is -0.147 e. The summed E-state index contributed by atoms with van der Waals surface area (Å²) in [7, 11) is -1.39. The van der Waals surface area contributed by atoms with Crippen LogP contribution in [-0.4, -0.2) is 20.8 Å². The Balaban J connectivity index is 3.89. The largest absolute Gasteiger partial charge is 0.273 e. The fourth-order valence-corrected chi connectivity index (χ4v) is 18.6. The lowest BCUT2D eigenvalue weighted by molar-refractivity contribution is 1.37. The second-order valence-corrected chi connectivity index (χ2v) is 23.7. The molecule has 9 heteroatoms. The lowest BCUT2D eigenvalue weighted by atomic mass is 10.9. The fraction of sp³-hybridized carbons (Fsp3) is 1.00. The summed E-state index contributed by atoms with van der Waals surface area (Å²) in [6.07, 6.45) is 0.